The van der Waals surface area contributed by atoms with Crippen LogP contribution in [0.5, 0.6) is 5.88 Å². The highest BCUT2D eigenvalue weighted by molar-refractivity contribution is 5.26. The Morgan fingerprint density at radius 2 is 2.27 bits per heavy atom. The van der Waals surface area contributed by atoms with Gasteiger partial charge in [-0.3, -0.25) is 0 Å². The second kappa shape index (κ2) is 2.22. The molecule has 60 valence electrons. The van der Waals surface area contributed by atoms with Crippen molar-refractivity contribution in [1.29, 1.82) is 0 Å². The highest BCUT2D eigenvalue weighted by Gasteiger charge is 2.20. The lowest BCUT2D eigenvalue weighted by molar-refractivity contribution is -0.396. The molecule has 6 heteroatoms. The van der Waals surface area contributed by atoms with Crippen LogP contribution >= 0.6 is 0 Å². The lowest BCUT2D eigenvalue weighted by atomic mass is 10.5. The zero-order chi connectivity index (χ0) is 8.59. The van der Waals surface area contributed by atoms with E-state index in [0.29, 0.717) is 0 Å². The molecule has 0 saturated carbocycles. The molecule has 6 nitrogen and oxygen atoms in total. The summed E-state index contributed by atoms with van der Waals surface area (Å²) in [6.45, 7) is 1.50. The first-order valence-electron chi connectivity index (χ1n) is 2.90. The number of aryl methyl sites for hydroxylation is 1. The number of aromatic hydroxyl groups is 1. The van der Waals surface area contributed by atoms with E-state index in [4.69, 9.17) is 5.11 Å². The van der Waals surface area contributed by atoms with Gasteiger partial charge in [0.1, 0.15) is 0 Å². The fourth-order valence-electron chi connectivity index (χ4n) is 0.776. The van der Waals surface area contributed by atoms with Gasteiger partial charge in [-0.05, 0) is 4.92 Å². The maximum atomic E-state index is 10.2. The summed E-state index contributed by atoms with van der Waals surface area (Å²) < 4.78 is 1.02. The average Bonchev–Trinajstić information content (AvgIpc) is 2.17. The minimum absolute atomic E-state index is 0.170. The van der Waals surface area contributed by atoms with Crippen molar-refractivity contribution in [2.45, 2.75) is 6.92 Å². The van der Waals surface area contributed by atoms with Crippen LogP contribution < -0.4 is 0 Å². The highest BCUT2D eigenvalue weighted by atomic mass is 16.6. The van der Waals surface area contributed by atoms with Crippen molar-refractivity contribution in [3.63, 3.8) is 0 Å². The van der Waals surface area contributed by atoms with Crippen molar-refractivity contribution in [2.24, 2.45) is 7.05 Å². The molecule has 1 aromatic heterocycles. The van der Waals surface area contributed by atoms with Crippen molar-refractivity contribution in [1.82, 2.24) is 9.55 Å². The van der Waals surface area contributed by atoms with E-state index in [2.05, 4.69) is 4.98 Å². The third-order valence-corrected chi connectivity index (χ3v) is 1.37. The summed E-state index contributed by atoms with van der Waals surface area (Å²) in [6.07, 6.45) is 0. The van der Waals surface area contributed by atoms with Crippen LogP contribution in [0.15, 0.2) is 0 Å². The van der Waals surface area contributed by atoms with Crippen LogP contribution in [-0.4, -0.2) is 19.6 Å². The molecule has 0 saturated heterocycles. The zero-order valence-corrected chi connectivity index (χ0v) is 6.11. The number of hydrogen-bond donors (Lipinski definition) is 1. The molecule has 0 aliphatic heterocycles. The second-order valence-corrected chi connectivity index (χ2v) is 2.14. The van der Waals surface area contributed by atoms with Gasteiger partial charge >= 0.3 is 5.95 Å². The van der Waals surface area contributed by atoms with Crippen LogP contribution in [-0.2, 0) is 7.05 Å². The van der Waals surface area contributed by atoms with Gasteiger partial charge in [0, 0.05) is 6.92 Å². The normalized spacial score (nSPS) is 10.0. The van der Waals surface area contributed by atoms with Crippen molar-refractivity contribution in [2.75, 3.05) is 0 Å². The third kappa shape index (κ3) is 1.02. The Morgan fingerprint density at radius 3 is 2.45 bits per heavy atom. The standard InChI is InChI=1S/C5H7N3O3/c1-3-4(9)7(2)5(6-3)8(10)11/h9H,1-2H3. The SMILES string of the molecule is Cc1nc([N+](=O)[O-])n(C)c1O. The molecule has 0 fully saturated rings. The van der Waals surface area contributed by atoms with Crippen LogP contribution in [0.25, 0.3) is 0 Å². The summed E-state index contributed by atoms with van der Waals surface area (Å²) in [5.41, 5.74) is 0.263. The molecule has 1 rings (SSSR count). The molecule has 0 aliphatic carbocycles. The van der Waals surface area contributed by atoms with Gasteiger partial charge in [-0.1, -0.05) is 4.98 Å². The maximum absolute atomic E-state index is 10.2. The zero-order valence-electron chi connectivity index (χ0n) is 6.11. The van der Waals surface area contributed by atoms with E-state index < -0.39 is 4.92 Å². The van der Waals surface area contributed by atoms with Crippen LogP contribution in [0.3, 0.4) is 0 Å². The van der Waals surface area contributed by atoms with Gasteiger partial charge in [0.15, 0.2) is 5.69 Å². The van der Waals surface area contributed by atoms with Crippen molar-refractivity contribution in [3.05, 3.63) is 15.8 Å². The van der Waals surface area contributed by atoms with Crippen molar-refractivity contribution < 1.29 is 10.0 Å². The summed E-state index contributed by atoms with van der Waals surface area (Å²) in [4.78, 5) is 13.1. The number of imidazole rings is 1. The average molecular weight is 157 g/mol. The molecule has 0 unspecified atom stereocenters. The second-order valence-electron chi connectivity index (χ2n) is 2.14. The monoisotopic (exact) mass is 157 g/mol. The lowest BCUT2D eigenvalue weighted by Crippen LogP contribution is -1.97. The highest BCUT2D eigenvalue weighted by Crippen LogP contribution is 2.20. The minimum atomic E-state index is -0.646. The molecule has 0 aliphatic rings. The first-order chi connectivity index (χ1) is 5.04. The molecule has 0 bridgehead atoms. The van der Waals surface area contributed by atoms with Gasteiger partial charge in [-0.15, -0.1) is 0 Å². The Bertz CT molecular complexity index is 304. The van der Waals surface area contributed by atoms with Gasteiger partial charge in [0.2, 0.25) is 0 Å². The first kappa shape index (κ1) is 7.52. The van der Waals surface area contributed by atoms with E-state index in [-0.39, 0.29) is 17.5 Å². The fourth-order valence-corrected chi connectivity index (χ4v) is 0.776. The molecule has 0 amide bonds. The number of aromatic nitrogens is 2. The number of rotatable bonds is 1. The summed E-state index contributed by atoms with van der Waals surface area (Å²) in [7, 11) is 1.38. The topological polar surface area (TPSA) is 81.2 Å². The van der Waals surface area contributed by atoms with E-state index in [1.54, 1.807) is 0 Å². The summed E-state index contributed by atoms with van der Waals surface area (Å²) >= 11 is 0. The van der Waals surface area contributed by atoms with Gasteiger partial charge in [0.25, 0.3) is 5.88 Å². The summed E-state index contributed by atoms with van der Waals surface area (Å²) in [5, 5.41) is 19.3. The molecule has 1 N–H and O–H groups in total. The van der Waals surface area contributed by atoms with Crippen LogP contribution in [0.2, 0.25) is 0 Å². The van der Waals surface area contributed by atoms with E-state index in [1.165, 1.54) is 14.0 Å². The molecule has 1 aromatic rings. The lowest BCUT2D eigenvalue weighted by Gasteiger charge is -1.92. The summed E-state index contributed by atoms with van der Waals surface area (Å²) in [5.74, 6) is -0.517. The molecule has 11 heavy (non-hydrogen) atoms. The van der Waals surface area contributed by atoms with Gasteiger partial charge in [-0.2, -0.15) is 4.57 Å². The molecule has 0 radical (unpaired) electrons. The maximum Gasteiger partial charge on any atom is 0.437 e. The summed E-state index contributed by atoms with van der Waals surface area (Å²) in [6, 6.07) is 0. The van der Waals surface area contributed by atoms with Crippen LogP contribution in [0, 0.1) is 17.0 Å². The van der Waals surface area contributed by atoms with Gasteiger partial charge < -0.3 is 15.2 Å². The molecule has 0 spiro atoms. The van der Waals surface area contributed by atoms with Crippen LogP contribution in [0.1, 0.15) is 5.69 Å². The van der Waals surface area contributed by atoms with Crippen molar-refractivity contribution in [3.8, 4) is 5.88 Å². The molecule has 0 atom stereocenters. The fraction of sp³-hybridized carbons (Fsp3) is 0.400. The van der Waals surface area contributed by atoms with E-state index >= 15 is 0 Å². The van der Waals surface area contributed by atoms with Gasteiger partial charge in [-0.25, -0.2) is 0 Å². The number of hydrogen-bond acceptors (Lipinski definition) is 4. The predicted octanol–water partition coefficient (Wildman–Crippen LogP) is 0.342. The molecular weight excluding hydrogens is 150 g/mol. The van der Waals surface area contributed by atoms with E-state index in [9.17, 15) is 10.1 Å². The van der Waals surface area contributed by atoms with E-state index in [0.717, 1.165) is 4.57 Å². The Hall–Kier alpha value is -1.59. The number of nitro groups is 1. The number of nitrogens with zero attached hydrogens (tertiary/aromatic N) is 3. The van der Waals surface area contributed by atoms with Gasteiger partial charge in [0.05, 0.1) is 7.05 Å². The quantitative estimate of drug-likeness (QED) is 0.470. The molecule has 0 aromatic carbocycles. The predicted molar refractivity (Wildman–Crippen MR) is 36.3 cm³/mol. The minimum Gasteiger partial charge on any atom is -0.481 e. The van der Waals surface area contributed by atoms with Crippen molar-refractivity contribution >= 4 is 5.95 Å². The Morgan fingerprint density at radius 1 is 1.73 bits per heavy atom. The smallest absolute Gasteiger partial charge is 0.437 e. The largest absolute Gasteiger partial charge is 0.481 e. The Labute approximate surface area is 62.2 Å². The first-order valence-corrected chi connectivity index (χ1v) is 2.90. The molecule has 1 heterocycles. The van der Waals surface area contributed by atoms with Crippen LogP contribution in [0.4, 0.5) is 5.95 Å². The van der Waals surface area contributed by atoms with E-state index in [1.807, 2.05) is 0 Å². The Kier molecular flexibility index (Phi) is 1.52. The molecular formula is C5H7N3O3. The third-order valence-electron chi connectivity index (χ3n) is 1.37. The Balaban J connectivity index is 3.29.